The van der Waals surface area contributed by atoms with E-state index < -0.39 is 0 Å². The molecule has 0 atom stereocenters. The lowest BCUT2D eigenvalue weighted by atomic mass is 10.1. The summed E-state index contributed by atoms with van der Waals surface area (Å²) in [7, 11) is 0. The Labute approximate surface area is 110 Å². The fourth-order valence-electron chi connectivity index (χ4n) is 1.30. The van der Waals surface area contributed by atoms with E-state index in [2.05, 4.69) is 5.32 Å². The number of hydrogen-bond acceptors (Lipinski definition) is 4. The molecule has 92 valence electrons. The van der Waals surface area contributed by atoms with E-state index in [1.165, 1.54) is 0 Å². The molecule has 0 aliphatic rings. The number of benzene rings is 1. The minimum absolute atomic E-state index is 0.0454. The van der Waals surface area contributed by atoms with Crippen LogP contribution in [0.2, 0.25) is 5.02 Å². The summed E-state index contributed by atoms with van der Waals surface area (Å²) in [6.45, 7) is 2.14. The van der Waals surface area contributed by atoms with Gasteiger partial charge in [0.05, 0.1) is 17.2 Å². The van der Waals surface area contributed by atoms with E-state index >= 15 is 0 Å². The molecule has 6 heteroatoms. The summed E-state index contributed by atoms with van der Waals surface area (Å²) < 4.78 is 4.80. The number of carbonyl (C=O) groups is 1. The maximum Gasteiger partial charge on any atom is 0.325 e. The van der Waals surface area contributed by atoms with Crippen molar-refractivity contribution in [2.24, 2.45) is 5.73 Å². The molecule has 0 bridgehead atoms. The van der Waals surface area contributed by atoms with Gasteiger partial charge in [-0.25, -0.2) is 0 Å². The topological polar surface area (TPSA) is 64.3 Å². The van der Waals surface area contributed by atoms with Crippen molar-refractivity contribution in [1.29, 1.82) is 0 Å². The van der Waals surface area contributed by atoms with Gasteiger partial charge < -0.3 is 15.8 Å². The Bertz CT molecular complexity index is 437. The van der Waals surface area contributed by atoms with Crippen molar-refractivity contribution in [1.82, 2.24) is 0 Å². The van der Waals surface area contributed by atoms with Gasteiger partial charge in [-0.3, -0.25) is 4.79 Å². The Morgan fingerprint density at radius 3 is 2.88 bits per heavy atom. The van der Waals surface area contributed by atoms with Gasteiger partial charge in [0.2, 0.25) is 0 Å². The number of esters is 1. The smallest absolute Gasteiger partial charge is 0.325 e. The summed E-state index contributed by atoms with van der Waals surface area (Å²) in [4.78, 5) is 11.4. The summed E-state index contributed by atoms with van der Waals surface area (Å²) in [6, 6.07) is 5.18. The van der Waals surface area contributed by atoms with Gasteiger partial charge in [-0.15, -0.1) is 0 Å². The lowest BCUT2D eigenvalue weighted by molar-refractivity contribution is -0.140. The first-order valence-corrected chi connectivity index (χ1v) is 5.82. The van der Waals surface area contributed by atoms with Crippen LogP contribution in [0.3, 0.4) is 0 Å². The number of nitrogens with one attached hydrogen (secondary N) is 1. The van der Waals surface area contributed by atoms with Crippen LogP contribution in [-0.2, 0) is 9.53 Å². The molecule has 1 aromatic rings. The van der Waals surface area contributed by atoms with Crippen molar-refractivity contribution in [2.45, 2.75) is 6.92 Å². The Morgan fingerprint density at radius 2 is 2.29 bits per heavy atom. The van der Waals surface area contributed by atoms with Crippen LogP contribution in [0.25, 0.3) is 0 Å². The summed E-state index contributed by atoms with van der Waals surface area (Å²) >= 11 is 10.9. The number of hydrogen-bond donors (Lipinski definition) is 2. The zero-order valence-corrected chi connectivity index (χ0v) is 10.9. The van der Waals surface area contributed by atoms with Gasteiger partial charge >= 0.3 is 5.97 Å². The predicted octanol–water partition coefficient (Wildman–Crippen LogP) is 1.95. The second-order valence-corrected chi connectivity index (χ2v) is 4.03. The van der Waals surface area contributed by atoms with Crippen LogP contribution in [0, 0.1) is 0 Å². The van der Waals surface area contributed by atoms with Crippen LogP contribution >= 0.6 is 23.8 Å². The van der Waals surface area contributed by atoms with Crippen molar-refractivity contribution in [3.8, 4) is 0 Å². The van der Waals surface area contributed by atoms with Crippen molar-refractivity contribution >= 4 is 40.5 Å². The molecule has 0 fully saturated rings. The molecule has 0 saturated heterocycles. The van der Waals surface area contributed by atoms with Crippen LogP contribution in [-0.4, -0.2) is 24.1 Å². The van der Waals surface area contributed by atoms with Gasteiger partial charge in [-0.2, -0.15) is 0 Å². The van der Waals surface area contributed by atoms with Gasteiger partial charge in [0.15, 0.2) is 0 Å². The standard InChI is InChI=1S/C11H13ClN2O2S/c1-2-16-9(15)6-14-8-5-3-4-7(12)10(8)11(13)17/h3-5,14H,2,6H2,1H3,(H2,13,17). The number of carbonyl (C=O) groups excluding carboxylic acids is 1. The van der Waals surface area contributed by atoms with Crippen molar-refractivity contribution in [3.63, 3.8) is 0 Å². The minimum Gasteiger partial charge on any atom is -0.465 e. The average molecular weight is 273 g/mol. The summed E-state index contributed by atoms with van der Waals surface area (Å²) in [5.41, 5.74) is 6.73. The molecule has 0 radical (unpaired) electrons. The quantitative estimate of drug-likeness (QED) is 0.634. The van der Waals surface area contributed by atoms with E-state index in [-0.39, 0.29) is 17.5 Å². The zero-order valence-electron chi connectivity index (χ0n) is 9.33. The fourth-order valence-corrected chi connectivity index (χ4v) is 1.85. The maximum absolute atomic E-state index is 11.2. The molecular formula is C11H13ClN2O2S. The summed E-state index contributed by atoms with van der Waals surface area (Å²) in [5.74, 6) is -0.346. The molecule has 4 nitrogen and oxygen atoms in total. The number of ether oxygens (including phenoxy) is 1. The Kier molecular flexibility index (Phi) is 5.18. The third kappa shape index (κ3) is 3.87. The van der Waals surface area contributed by atoms with Gasteiger partial charge in [-0.05, 0) is 19.1 Å². The molecule has 1 rings (SSSR count). The first-order valence-electron chi connectivity index (χ1n) is 5.04. The highest BCUT2D eigenvalue weighted by Gasteiger charge is 2.10. The van der Waals surface area contributed by atoms with Crippen LogP contribution < -0.4 is 11.1 Å². The molecule has 1 aromatic carbocycles. The highest BCUT2D eigenvalue weighted by Crippen LogP contribution is 2.23. The lowest BCUT2D eigenvalue weighted by Gasteiger charge is -2.11. The number of nitrogens with two attached hydrogens (primary N) is 1. The van der Waals surface area contributed by atoms with Gasteiger partial charge in [-0.1, -0.05) is 29.9 Å². The normalized spacial score (nSPS) is 9.76. The number of anilines is 1. The Balaban J connectivity index is 2.81. The lowest BCUT2D eigenvalue weighted by Crippen LogP contribution is -2.20. The summed E-state index contributed by atoms with van der Waals surface area (Å²) in [5, 5.41) is 3.34. The van der Waals surface area contributed by atoms with Gasteiger partial charge in [0.1, 0.15) is 11.5 Å². The first kappa shape index (κ1) is 13.7. The monoisotopic (exact) mass is 272 g/mol. The molecule has 17 heavy (non-hydrogen) atoms. The average Bonchev–Trinajstić information content (AvgIpc) is 2.26. The maximum atomic E-state index is 11.2. The SMILES string of the molecule is CCOC(=O)CNc1cccc(Cl)c1C(N)=S. The molecule has 0 aromatic heterocycles. The van der Waals surface area contributed by atoms with Gasteiger partial charge in [0, 0.05) is 5.69 Å². The van der Waals surface area contributed by atoms with E-state index in [1.54, 1.807) is 25.1 Å². The third-order valence-electron chi connectivity index (χ3n) is 1.99. The van der Waals surface area contributed by atoms with E-state index in [0.717, 1.165) is 0 Å². The number of thiocarbonyl (C=S) groups is 1. The molecule has 0 saturated carbocycles. The molecule has 0 amide bonds. The van der Waals surface area contributed by atoms with E-state index in [4.69, 9.17) is 34.3 Å². The van der Waals surface area contributed by atoms with E-state index in [1.807, 2.05) is 0 Å². The molecule has 3 N–H and O–H groups in total. The van der Waals surface area contributed by atoms with Crippen molar-refractivity contribution in [3.05, 3.63) is 28.8 Å². The molecule has 0 spiro atoms. The van der Waals surface area contributed by atoms with Crippen LogP contribution in [0.1, 0.15) is 12.5 Å². The molecule has 0 aliphatic heterocycles. The third-order valence-corrected chi connectivity index (χ3v) is 2.51. The highest BCUT2D eigenvalue weighted by molar-refractivity contribution is 7.80. The second kappa shape index (κ2) is 6.42. The predicted molar refractivity (Wildman–Crippen MR) is 72.5 cm³/mol. The van der Waals surface area contributed by atoms with Crippen LogP contribution in [0.4, 0.5) is 5.69 Å². The fraction of sp³-hybridized carbons (Fsp3) is 0.273. The van der Waals surface area contributed by atoms with Crippen molar-refractivity contribution in [2.75, 3.05) is 18.5 Å². The highest BCUT2D eigenvalue weighted by atomic mass is 35.5. The molecule has 0 heterocycles. The zero-order chi connectivity index (χ0) is 12.8. The van der Waals surface area contributed by atoms with Crippen LogP contribution in [0.15, 0.2) is 18.2 Å². The molecule has 0 unspecified atom stereocenters. The summed E-state index contributed by atoms with van der Waals surface area (Å²) in [6.07, 6.45) is 0. The second-order valence-electron chi connectivity index (χ2n) is 3.19. The van der Waals surface area contributed by atoms with Crippen molar-refractivity contribution < 1.29 is 9.53 Å². The first-order chi connectivity index (χ1) is 8.06. The Hall–Kier alpha value is -1.33. The minimum atomic E-state index is -0.346. The van der Waals surface area contributed by atoms with E-state index in [9.17, 15) is 4.79 Å². The largest absolute Gasteiger partial charge is 0.465 e. The van der Waals surface area contributed by atoms with Gasteiger partial charge in [0.25, 0.3) is 0 Å². The van der Waals surface area contributed by atoms with E-state index in [0.29, 0.717) is 22.9 Å². The number of rotatable bonds is 5. The Morgan fingerprint density at radius 1 is 1.59 bits per heavy atom. The molecule has 0 aliphatic carbocycles. The number of halogens is 1. The van der Waals surface area contributed by atoms with Crippen LogP contribution in [0.5, 0.6) is 0 Å². The molecular weight excluding hydrogens is 260 g/mol.